The number of phosphoric acid groups is 2. The molecule has 0 spiro atoms. The van der Waals surface area contributed by atoms with Crippen molar-refractivity contribution >= 4 is 39.5 Å². The minimum absolute atomic E-state index is 0.0808. The molecule has 0 aliphatic rings. The molecule has 0 aromatic carbocycles. The molecule has 0 amide bonds. The van der Waals surface area contributed by atoms with E-state index in [1.54, 1.807) is 0 Å². The predicted octanol–water partition coefficient (Wildman–Crippen LogP) is 24.1. The molecule has 3 N–H and O–H groups in total. The fraction of sp³-hybridized carbons (Fsp3) is 0.741. The highest BCUT2D eigenvalue weighted by atomic mass is 31.2. The van der Waals surface area contributed by atoms with E-state index in [2.05, 4.69) is 137 Å². The van der Waals surface area contributed by atoms with Crippen LogP contribution in [-0.2, 0) is 65.4 Å². The van der Waals surface area contributed by atoms with Gasteiger partial charge in [0.15, 0.2) is 12.2 Å². The summed E-state index contributed by atoms with van der Waals surface area (Å²) in [4.78, 5) is 73.1. The van der Waals surface area contributed by atoms with Crippen LogP contribution in [0.15, 0.2) is 109 Å². The summed E-state index contributed by atoms with van der Waals surface area (Å²) in [7, 11) is -9.97. The van der Waals surface area contributed by atoms with E-state index >= 15 is 0 Å². The van der Waals surface area contributed by atoms with Crippen molar-refractivity contribution in [2.24, 2.45) is 0 Å². The summed E-state index contributed by atoms with van der Waals surface area (Å²) in [5, 5.41) is 10.7. The fourth-order valence-electron chi connectivity index (χ4n) is 11.0. The van der Waals surface area contributed by atoms with Crippen LogP contribution in [0.1, 0.15) is 349 Å². The zero-order valence-electron chi connectivity index (χ0n) is 65.7. The molecule has 17 nitrogen and oxygen atoms in total. The number of esters is 4. The van der Waals surface area contributed by atoms with E-state index in [0.717, 1.165) is 167 Å². The van der Waals surface area contributed by atoms with Crippen LogP contribution in [-0.4, -0.2) is 96.7 Å². The van der Waals surface area contributed by atoms with Gasteiger partial charge in [0.25, 0.3) is 0 Å². The number of hydrogen-bond donors (Lipinski definition) is 3. The van der Waals surface area contributed by atoms with Gasteiger partial charge in [-0.2, -0.15) is 0 Å². The first-order valence-corrected chi connectivity index (χ1v) is 44.1. The number of carbonyl (C=O) groups excluding carboxylic acids is 4. The highest BCUT2D eigenvalue weighted by molar-refractivity contribution is 7.47. The Morgan fingerprint density at radius 3 is 0.798 bits per heavy atom. The van der Waals surface area contributed by atoms with Crippen molar-refractivity contribution in [1.29, 1.82) is 0 Å². The molecule has 0 saturated carbocycles. The van der Waals surface area contributed by atoms with Crippen LogP contribution in [0, 0.1) is 0 Å². The number of phosphoric ester groups is 2. The molecule has 0 aliphatic heterocycles. The number of hydrogen-bond acceptors (Lipinski definition) is 15. The fourth-order valence-corrected chi connectivity index (χ4v) is 12.6. The molecule has 0 aliphatic carbocycles. The summed E-state index contributed by atoms with van der Waals surface area (Å²) >= 11 is 0. The largest absolute Gasteiger partial charge is 0.472 e. The number of aliphatic hydroxyl groups excluding tert-OH is 1. The Hall–Kier alpha value is -4.28. The van der Waals surface area contributed by atoms with Crippen molar-refractivity contribution in [1.82, 2.24) is 0 Å². The van der Waals surface area contributed by atoms with Crippen LogP contribution in [0.5, 0.6) is 0 Å². The predicted molar refractivity (Wildman–Crippen MR) is 427 cm³/mol. The van der Waals surface area contributed by atoms with Crippen molar-refractivity contribution < 1.29 is 80.2 Å². The van der Waals surface area contributed by atoms with Gasteiger partial charge in [-0.15, -0.1) is 0 Å². The lowest BCUT2D eigenvalue weighted by Crippen LogP contribution is -2.30. The standard InChI is InChI=1S/C85H148O17P2/c1-5-9-13-17-21-25-29-33-37-38-39-40-44-46-50-54-58-62-66-70-83(88)96-76-81(102-85(90)72-68-64-60-56-52-48-43-36-32-28-24-20-16-12-8-4)78-100-104(93,94)98-74-79(86)73-97-103(91,92)99-77-80(101-84(89)71-67-63-59-55-51-47-42-35-31-27-23-19-15-11-7-3)75-95-82(87)69-65-61-57-53-49-45-41-34-30-26-22-18-14-10-6-2/h9-10,13-14,21-22,25-26,33-34,36-37,39-41,43,49,53,79-81,86H,5-8,11-12,15-20,23-24,27-32,35,38,42,44-48,50-52,54-78H2,1-4H3,(H,91,92)(H,93,94)/b13-9-,14-10-,25-21-,26-22-,37-33-,40-39-,41-34-,43-36-,53-49-. The molecular formula is C85H148O17P2. The zero-order chi connectivity index (χ0) is 76.0. The van der Waals surface area contributed by atoms with E-state index in [9.17, 15) is 43.2 Å². The highest BCUT2D eigenvalue weighted by Crippen LogP contribution is 2.45. The maximum absolute atomic E-state index is 13.1. The van der Waals surface area contributed by atoms with Gasteiger partial charge in [0.1, 0.15) is 19.3 Å². The van der Waals surface area contributed by atoms with Gasteiger partial charge < -0.3 is 33.8 Å². The number of unbranched alkanes of at least 4 members (excludes halogenated alkanes) is 33. The van der Waals surface area contributed by atoms with Gasteiger partial charge in [-0.3, -0.25) is 37.3 Å². The number of aliphatic hydroxyl groups is 1. The topological polar surface area (TPSA) is 237 Å². The lowest BCUT2D eigenvalue weighted by Gasteiger charge is -2.21. The smallest absolute Gasteiger partial charge is 0.462 e. The van der Waals surface area contributed by atoms with Gasteiger partial charge in [0, 0.05) is 25.7 Å². The van der Waals surface area contributed by atoms with Crippen molar-refractivity contribution in [3.8, 4) is 0 Å². The molecule has 600 valence electrons. The summed E-state index contributed by atoms with van der Waals surface area (Å²) < 4.78 is 68.7. The highest BCUT2D eigenvalue weighted by Gasteiger charge is 2.30. The molecular weight excluding hydrogens is 1350 g/mol. The van der Waals surface area contributed by atoms with E-state index in [4.69, 9.17) is 37.0 Å². The summed E-state index contributed by atoms with van der Waals surface area (Å²) in [6.07, 6.45) is 83.5. The molecule has 0 bridgehead atoms. The van der Waals surface area contributed by atoms with E-state index in [1.807, 2.05) is 0 Å². The summed E-state index contributed by atoms with van der Waals surface area (Å²) in [5.74, 6) is -2.23. The maximum Gasteiger partial charge on any atom is 0.472 e. The third-order valence-corrected chi connectivity index (χ3v) is 19.1. The molecule has 0 radical (unpaired) electrons. The molecule has 0 aromatic heterocycles. The third kappa shape index (κ3) is 75.9. The summed E-state index contributed by atoms with van der Waals surface area (Å²) in [6.45, 7) is 4.62. The average Bonchev–Trinajstić information content (AvgIpc) is 0.918. The first-order chi connectivity index (χ1) is 50.7. The molecule has 5 atom stereocenters. The van der Waals surface area contributed by atoms with Crippen molar-refractivity contribution in [2.45, 2.75) is 367 Å². The Morgan fingerprint density at radius 1 is 0.279 bits per heavy atom. The van der Waals surface area contributed by atoms with E-state index in [-0.39, 0.29) is 25.7 Å². The van der Waals surface area contributed by atoms with Crippen LogP contribution in [0.2, 0.25) is 0 Å². The van der Waals surface area contributed by atoms with Gasteiger partial charge in [-0.25, -0.2) is 9.13 Å². The second-order valence-electron chi connectivity index (χ2n) is 27.3. The number of allylic oxidation sites excluding steroid dienone is 18. The molecule has 5 unspecified atom stereocenters. The Labute approximate surface area is 632 Å². The minimum atomic E-state index is -4.99. The maximum atomic E-state index is 13.1. The molecule has 104 heavy (non-hydrogen) atoms. The summed E-state index contributed by atoms with van der Waals surface area (Å²) in [6, 6.07) is 0. The van der Waals surface area contributed by atoms with Crippen LogP contribution in [0.25, 0.3) is 0 Å². The first kappa shape index (κ1) is 99.7. The zero-order valence-corrected chi connectivity index (χ0v) is 67.5. The van der Waals surface area contributed by atoms with Crippen LogP contribution in [0.4, 0.5) is 0 Å². The van der Waals surface area contributed by atoms with Gasteiger partial charge in [0.05, 0.1) is 26.4 Å². The molecule has 0 aromatic rings. The van der Waals surface area contributed by atoms with Gasteiger partial charge in [0.2, 0.25) is 0 Å². The lowest BCUT2D eigenvalue weighted by atomic mass is 10.0. The van der Waals surface area contributed by atoms with Crippen molar-refractivity contribution in [3.05, 3.63) is 109 Å². The summed E-state index contributed by atoms with van der Waals surface area (Å²) in [5.41, 5.74) is 0. The molecule has 19 heteroatoms. The SMILES string of the molecule is CC/C=C\C/C=C\C/C=C\C/C=C\CCCCCCCCC(=O)OCC(COP(=O)(O)OCC(O)COP(=O)(O)OCC(COC(=O)CCCC/C=C\C/C=C\C/C=C\C/C=C\CC)OC(=O)CCCCCCCCCCCCCCCCC)OC(=O)CCCCCCC/C=C\CCCCCCCC. The van der Waals surface area contributed by atoms with Gasteiger partial charge in [-0.05, 0) is 128 Å². The number of rotatable bonds is 77. The van der Waals surface area contributed by atoms with Gasteiger partial charge in [-0.1, -0.05) is 304 Å². The molecule has 0 saturated heterocycles. The lowest BCUT2D eigenvalue weighted by molar-refractivity contribution is -0.161. The van der Waals surface area contributed by atoms with Gasteiger partial charge >= 0.3 is 39.5 Å². The Balaban J connectivity index is 5.39. The Morgan fingerprint density at radius 2 is 0.500 bits per heavy atom. The molecule has 0 fully saturated rings. The Kier molecular flexibility index (Phi) is 73.7. The quantitative estimate of drug-likeness (QED) is 0.0169. The average molecular weight is 1500 g/mol. The second-order valence-corrected chi connectivity index (χ2v) is 30.2. The normalized spacial score (nSPS) is 14.4. The monoisotopic (exact) mass is 1500 g/mol. The minimum Gasteiger partial charge on any atom is -0.462 e. The molecule has 0 heterocycles. The first-order valence-electron chi connectivity index (χ1n) is 41.1. The van der Waals surface area contributed by atoms with Crippen molar-refractivity contribution in [2.75, 3.05) is 39.6 Å². The third-order valence-electron chi connectivity index (χ3n) is 17.2. The van der Waals surface area contributed by atoms with Crippen LogP contribution < -0.4 is 0 Å². The van der Waals surface area contributed by atoms with E-state index in [0.29, 0.717) is 25.7 Å². The van der Waals surface area contributed by atoms with E-state index in [1.165, 1.54) is 103 Å². The number of carbonyl (C=O) groups is 4. The van der Waals surface area contributed by atoms with E-state index < -0.39 is 97.5 Å². The van der Waals surface area contributed by atoms with Crippen molar-refractivity contribution in [3.63, 3.8) is 0 Å². The van der Waals surface area contributed by atoms with Crippen LogP contribution >= 0.6 is 15.6 Å². The second kappa shape index (κ2) is 76.9. The van der Waals surface area contributed by atoms with Crippen LogP contribution in [0.3, 0.4) is 0 Å². The number of ether oxygens (including phenoxy) is 4. The Bertz CT molecular complexity index is 2390. The molecule has 0 rings (SSSR count).